The first kappa shape index (κ1) is 15.7. The van der Waals surface area contributed by atoms with Crippen molar-refractivity contribution >= 4 is 32.6 Å². The molecule has 3 rings (SSSR count). The van der Waals surface area contributed by atoms with E-state index in [1.807, 2.05) is 6.92 Å². The summed E-state index contributed by atoms with van der Waals surface area (Å²) < 4.78 is 24.8. The van der Waals surface area contributed by atoms with E-state index in [2.05, 4.69) is 10.3 Å². The molecule has 1 aromatic carbocycles. The Bertz CT molecular complexity index is 785. The molecule has 1 amide bonds. The number of methoxy groups -OCH3 is 1. The van der Waals surface area contributed by atoms with Gasteiger partial charge in [-0.05, 0) is 18.9 Å². The van der Waals surface area contributed by atoms with Crippen LogP contribution in [0, 0.1) is 5.82 Å². The Kier molecular flexibility index (Phi) is 4.47. The van der Waals surface area contributed by atoms with Crippen molar-refractivity contribution in [1.82, 2.24) is 4.98 Å². The van der Waals surface area contributed by atoms with Crippen LogP contribution >= 0.6 is 11.3 Å². The van der Waals surface area contributed by atoms with Crippen LogP contribution in [0.4, 0.5) is 9.52 Å². The third-order valence-corrected chi connectivity index (χ3v) is 4.56. The fourth-order valence-corrected chi connectivity index (χ4v) is 3.48. The first-order chi connectivity index (χ1) is 11.1. The van der Waals surface area contributed by atoms with Crippen LogP contribution in [0.5, 0.6) is 5.75 Å². The molecule has 1 N–H and O–H groups in total. The normalized spacial score (nSPS) is 14.7. The van der Waals surface area contributed by atoms with E-state index in [-0.39, 0.29) is 5.91 Å². The molecule has 7 heteroatoms. The van der Waals surface area contributed by atoms with E-state index >= 15 is 0 Å². The monoisotopic (exact) mass is 336 g/mol. The molecule has 1 aliphatic heterocycles. The van der Waals surface area contributed by atoms with Crippen LogP contribution in [0.1, 0.15) is 26.2 Å². The van der Waals surface area contributed by atoms with E-state index in [4.69, 9.17) is 9.47 Å². The molecule has 2 aromatic rings. The number of hydrogen-bond donors (Lipinski definition) is 1. The third-order valence-electron chi connectivity index (χ3n) is 3.64. The van der Waals surface area contributed by atoms with Crippen LogP contribution in [-0.2, 0) is 9.53 Å². The second-order valence-electron chi connectivity index (χ2n) is 5.14. The van der Waals surface area contributed by atoms with E-state index in [9.17, 15) is 9.18 Å². The molecule has 0 saturated heterocycles. The molecule has 0 bridgehead atoms. The highest BCUT2D eigenvalue weighted by molar-refractivity contribution is 7.22. The van der Waals surface area contributed by atoms with Gasteiger partial charge in [-0.3, -0.25) is 10.1 Å². The number of carbonyl (C=O) groups excluding carboxylic acids is 1. The molecule has 0 radical (unpaired) electrons. The molecule has 2 heterocycles. The summed E-state index contributed by atoms with van der Waals surface area (Å²) in [4.78, 5) is 16.8. The number of anilines is 1. The number of halogens is 1. The van der Waals surface area contributed by atoms with Crippen molar-refractivity contribution < 1.29 is 18.7 Å². The molecule has 23 heavy (non-hydrogen) atoms. The summed E-state index contributed by atoms with van der Waals surface area (Å²) in [7, 11) is 1.46. The highest BCUT2D eigenvalue weighted by Crippen LogP contribution is 2.34. The van der Waals surface area contributed by atoms with Crippen molar-refractivity contribution in [2.45, 2.75) is 26.2 Å². The first-order valence-electron chi connectivity index (χ1n) is 7.42. The Morgan fingerprint density at radius 3 is 3.09 bits per heavy atom. The lowest BCUT2D eigenvalue weighted by atomic mass is 10.0. The first-order valence-corrected chi connectivity index (χ1v) is 8.24. The maximum absolute atomic E-state index is 13.5. The number of nitrogens with one attached hydrogen (secondary N) is 1. The molecular formula is C16H17FN2O3S. The predicted octanol–water partition coefficient (Wildman–Crippen LogP) is 3.86. The van der Waals surface area contributed by atoms with E-state index < -0.39 is 5.82 Å². The minimum atomic E-state index is -0.396. The quantitative estimate of drug-likeness (QED) is 0.921. The maximum atomic E-state index is 13.5. The number of benzene rings is 1. The molecule has 0 spiro atoms. The lowest BCUT2D eigenvalue weighted by Crippen LogP contribution is -2.20. The zero-order valence-electron chi connectivity index (χ0n) is 12.9. The van der Waals surface area contributed by atoms with Crippen molar-refractivity contribution in [1.29, 1.82) is 0 Å². The molecule has 0 saturated carbocycles. The Balaban J connectivity index is 1.89. The fourth-order valence-electron chi connectivity index (χ4n) is 2.57. The predicted molar refractivity (Wildman–Crippen MR) is 87.3 cm³/mol. The molecule has 1 aromatic heterocycles. The number of nitrogens with zero attached hydrogens (tertiary/aromatic N) is 1. The molecule has 1 aliphatic rings. The molecular weight excluding hydrogens is 319 g/mol. The van der Waals surface area contributed by atoms with E-state index in [0.29, 0.717) is 46.1 Å². The third kappa shape index (κ3) is 3.14. The highest BCUT2D eigenvalue weighted by atomic mass is 32.1. The van der Waals surface area contributed by atoms with Crippen molar-refractivity contribution in [3.63, 3.8) is 0 Å². The molecule has 0 fully saturated rings. The number of fused-ring (bicyclic) bond motifs is 1. The summed E-state index contributed by atoms with van der Waals surface area (Å²) in [5.74, 6) is 0.484. The number of thiazole rings is 1. The van der Waals surface area contributed by atoms with Crippen LogP contribution in [0.15, 0.2) is 23.5 Å². The van der Waals surface area contributed by atoms with Crippen LogP contribution in [-0.4, -0.2) is 24.6 Å². The van der Waals surface area contributed by atoms with E-state index in [1.165, 1.54) is 30.6 Å². The number of hydrogen-bond acceptors (Lipinski definition) is 5. The van der Waals surface area contributed by atoms with Gasteiger partial charge in [-0.1, -0.05) is 18.3 Å². The van der Waals surface area contributed by atoms with Crippen LogP contribution in [0.3, 0.4) is 0 Å². The summed E-state index contributed by atoms with van der Waals surface area (Å²) in [5.41, 5.74) is 1.20. The van der Waals surface area contributed by atoms with Gasteiger partial charge in [0.05, 0.1) is 24.0 Å². The standard InChI is InChI=1S/C16H17FN2O3S/c1-3-11-10(5-4-6-22-11)15(20)19-16-18-14-12(21-2)7-9(17)8-13(14)23-16/h7-8H,3-6H2,1-2H3,(H,18,19,20). The van der Waals surface area contributed by atoms with Crippen LogP contribution in [0.2, 0.25) is 0 Å². The summed E-state index contributed by atoms with van der Waals surface area (Å²) in [6.07, 6.45) is 2.20. The Hall–Kier alpha value is -2.15. The summed E-state index contributed by atoms with van der Waals surface area (Å²) in [6, 6.07) is 2.66. The highest BCUT2D eigenvalue weighted by Gasteiger charge is 2.21. The van der Waals surface area contributed by atoms with E-state index in [0.717, 1.165) is 12.2 Å². The number of aromatic nitrogens is 1. The number of amides is 1. The second kappa shape index (κ2) is 6.54. The number of allylic oxidation sites excluding steroid dienone is 1. The van der Waals surface area contributed by atoms with Crippen LogP contribution < -0.4 is 10.1 Å². The molecule has 0 atom stereocenters. The summed E-state index contributed by atoms with van der Waals surface area (Å²) >= 11 is 1.22. The second-order valence-corrected chi connectivity index (χ2v) is 6.17. The van der Waals surface area contributed by atoms with Gasteiger partial charge in [-0.25, -0.2) is 9.37 Å². The van der Waals surface area contributed by atoms with Crippen molar-refractivity contribution in [3.8, 4) is 5.75 Å². The topological polar surface area (TPSA) is 60.5 Å². The van der Waals surface area contributed by atoms with Gasteiger partial charge in [0, 0.05) is 12.5 Å². The zero-order valence-corrected chi connectivity index (χ0v) is 13.8. The minimum absolute atomic E-state index is 0.208. The average Bonchev–Trinajstić information content (AvgIpc) is 2.95. The van der Waals surface area contributed by atoms with Crippen molar-refractivity contribution in [2.75, 3.05) is 19.0 Å². The molecule has 0 unspecified atom stereocenters. The van der Waals surface area contributed by atoms with Gasteiger partial charge in [0.1, 0.15) is 22.8 Å². The summed E-state index contributed by atoms with van der Waals surface area (Å²) in [5, 5.41) is 3.21. The van der Waals surface area contributed by atoms with Gasteiger partial charge >= 0.3 is 0 Å². The molecule has 122 valence electrons. The lowest BCUT2D eigenvalue weighted by molar-refractivity contribution is -0.113. The van der Waals surface area contributed by atoms with Gasteiger partial charge in [-0.2, -0.15) is 0 Å². The van der Waals surface area contributed by atoms with Crippen LogP contribution in [0.25, 0.3) is 10.2 Å². The summed E-state index contributed by atoms with van der Waals surface area (Å²) in [6.45, 7) is 2.61. The lowest BCUT2D eigenvalue weighted by Gasteiger charge is -2.19. The van der Waals surface area contributed by atoms with Crippen molar-refractivity contribution in [2.24, 2.45) is 0 Å². The zero-order chi connectivity index (χ0) is 16.4. The Labute approximate surface area is 137 Å². The van der Waals surface area contributed by atoms with Gasteiger partial charge in [-0.15, -0.1) is 0 Å². The molecule has 5 nitrogen and oxygen atoms in total. The Morgan fingerprint density at radius 2 is 2.35 bits per heavy atom. The van der Waals surface area contributed by atoms with Crippen molar-refractivity contribution in [3.05, 3.63) is 29.3 Å². The number of ether oxygens (including phenoxy) is 2. The molecule has 0 aliphatic carbocycles. The SMILES string of the molecule is CCC1=C(C(=O)Nc2nc3c(OC)cc(F)cc3s2)CCCO1. The Morgan fingerprint density at radius 1 is 1.52 bits per heavy atom. The fraction of sp³-hybridized carbons (Fsp3) is 0.375. The number of carbonyl (C=O) groups is 1. The average molecular weight is 336 g/mol. The number of rotatable bonds is 4. The largest absolute Gasteiger partial charge is 0.497 e. The maximum Gasteiger partial charge on any atom is 0.256 e. The van der Waals surface area contributed by atoms with Gasteiger partial charge < -0.3 is 9.47 Å². The van der Waals surface area contributed by atoms with E-state index in [1.54, 1.807) is 0 Å². The van der Waals surface area contributed by atoms with Gasteiger partial charge in [0.25, 0.3) is 5.91 Å². The van der Waals surface area contributed by atoms with Gasteiger partial charge in [0.15, 0.2) is 5.13 Å². The van der Waals surface area contributed by atoms with Gasteiger partial charge in [0.2, 0.25) is 0 Å². The smallest absolute Gasteiger partial charge is 0.256 e. The minimum Gasteiger partial charge on any atom is -0.497 e.